The van der Waals surface area contributed by atoms with Gasteiger partial charge in [0.25, 0.3) is 5.56 Å². The molecule has 2 N–H and O–H groups in total. The molecule has 6 heteroatoms. The molecule has 5 rings (SSSR count). The van der Waals surface area contributed by atoms with Crippen molar-refractivity contribution in [2.24, 2.45) is 0 Å². The van der Waals surface area contributed by atoms with Crippen molar-refractivity contribution < 1.29 is 0 Å². The van der Waals surface area contributed by atoms with E-state index in [0.717, 1.165) is 21.9 Å². The zero-order valence-electron chi connectivity index (χ0n) is 12.4. The summed E-state index contributed by atoms with van der Waals surface area (Å²) >= 11 is 0. The Labute approximate surface area is 135 Å². The molecular formula is C18H11N5O. The fourth-order valence-corrected chi connectivity index (χ4v) is 3.03. The van der Waals surface area contributed by atoms with E-state index in [1.165, 1.54) is 0 Å². The maximum absolute atomic E-state index is 12.3. The van der Waals surface area contributed by atoms with E-state index in [2.05, 4.69) is 25.1 Å². The van der Waals surface area contributed by atoms with Crippen LogP contribution < -0.4 is 5.56 Å². The standard InChI is InChI=1S/C18H11N5O/c24-18-15-10-5-1-2-6-11(10)21-17(15)16(22-23-18)14-9-19-12-7-3-4-8-13(12)20-14/h1-9,21H,(H,23,24). The van der Waals surface area contributed by atoms with Crippen LogP contribution in [0.15, 0.2) is 59.5 Å². The van der Waals surface area contributed by atoms with Crippen LogP contribution in [-0.4, -0.2) is 25.1 Å². The number of para-hydroxylation sites is 3. The first-order valence-corrected chi connectivity index (χ1v) is 7.52. The summed E-state index contributed by atoms with van der Waals surface area (Å²) in [7, 11) is 0. The minimum atomic E-state index is -0.222. The van der Waals surface area contributed by atoms with Gasteiger partial charge in [-0.25, -0.2) is 10.1 Å². The predicted molar refractivity (Wildman–Crippen MR) is 92.8 cm³/mol. The lowest BCUT2D eigenvalue weighted by atomic mass is 10.1. The molecule has 0 aliphatic carbocycles. The lowest BCUT2D eigenvalue weighted by Crippen LogP contribution is -2.09. The van der Waals surface area contributed by atoms with Crippen LogP contribution in [0.25, 0.3) is 44.2 Å². The van der Waals surface area contributed by atoms with Gasteiger partial charge in [0.05, 0.1) is 28.1 Å². The monoisotopic (exact) mass is 313 g/mol. The van der Waals surface area contributed by atoms with Crippen molar-refractivity contribution in [1.82, 2.24) is 25.1 Å². The Morgan fingerprint density at radius 1 is 0.917 bits per heavy atom. The Morgan fingerprint density at radius 2 is 1.71 bits per heavy atom. The summed E-state index contributed by atoms with van der Waals surface area (Å²) < 4.78 is 0. The van der Waals surface area contributed by atoms with Gasteiger partial charge < -0.3 is 4.98 Å². The van der Waals surface area contributed by atoms with Gasteiger partial charge in [-0.3, -0.25) is 9.78 Å². The Hall–Kier alpha value is -3.54. The van der Waals surface area contributed by atoms with Gasteiger partial charge in [0.2, 0.25) is 0 Å². The van der Waals surface area contributed by atoms with Crippen molar-refractivity contribution in [2.45, 2.75) is 0 Å². The summed E-state index contributed by atoms with van der Waals surface area (Å²) in [5.41, 5.74) is 4.14. The van der Waals surface area contributed by atoms with Gasteiger partial charge in [-0.05, 0) is 18.2 Å². The number of aromatic nitrogens is 5. The van der Waals surface area contributed by atoms with Crippen molar-refractivity contribution in [3.63, 3.8) is 0 Å². The van der Waals surface area contributed by atoms with Crippen LogP contribution in [0.1, 0.15) is 0 Å². The molecule has 114 valence electrons. The number of hydrogen-bond donors (Lipinski definition) is 2. The van der Waals surface area contributed by atoms with E-state index in [9.17, 15) is 4.79 Å². The number of benzene rings is 2. The number of nitrogens with zero attached hydrogens (tertiary/aromatic N) is 3. The average molecular weight is 313 g/mol. The second kappa shape index (κ2) is 4.73. The third-order valence-electron chi connectivity index (χ3n) is 4.13. The lowest BCUT2D eigenvalue weighted by molar-refractivity contribution is 1.01. The highest BCUT2D eigenvalue weighted by atomic mass is 16.1. The van der Waals surface area contributed by atoms with Gasteiger partial charge >= 0.3 is 0 Å². The molecular weight excluding hydrogens is 302 g/mol. The number of fused-ring (bicyclic) bond motifs is 4. The summed E-state index contributed by atoms with van der Waals surface area (Å²) in [6, 6.07) is 15.3. The highest BCUT2D eigenvalue weighted by Gasteiger charge is 2.15. The van der Waals surface area contributed by atoms with Crippen LogP contribution >= 0.6 is 0 Å². The molecule has 0 atom stereocenters. The van der Waals surface area contributed by atoms with E-state index in [0.29, 0.717) is 22.3 Å². The first kappa shape index (κ1) is 13.0. The van der Waals surface area contributed by atoms with Crippen molar-refractivity contribution in [1.29, 1.82) is 0 Å². The van der Waals surface area contributed by atoms with Crippen molar-refractivity contribution in [2.75, 3.05) is 0 Å². The molecule has 0 radical (unpaired) electrons. The molecule has 5 aromatic rings. The van der Waals surface area contributed by atoms with Crippen molar-refractivity contribution >= 4 is 32.8 Å². The number of rotatable bonds is 1. The van der Waals surface area contributed by atoms with Gasteiger partial charge in [-0.15, -0.1) is 0 Å². The maximum Gasteiger partial charge on any atom is 0.274 e. The van der Waals surface area contributed by atoms with Gasteiger partial charge in [-0.1, -0.05) is 30.3 Å². The molecule has 0 unspecified atom stereocenters. The predicted octanol–water partition coefficient (Wildman–Crippen LogP) is 3.01. The third-order valence-corrected chi connectivity index (χ3v) is 4.13. The zero-order chi connectivity index (χ0) is 16.1. The summed E-state index contributed by atoms with van der Waals surface area (Å²) in [5.74, 6) is 0. The topological polar surface area (TPSA) is 87.3 Å². The van der Waals surface area contributed by atoms with E-state index in [1.54, 1.807) is 6.20 Å². The first-order chi connectivity index (χ1) is 11.8. The Morgan fingerprint density at radius 3 is 2.62 bits per heavy atom. The first-order valence-electron chi connectivity index (χ1n) is 7.52. The summed E-state index contributed by atoms with van der Waals surface area (Å²) in [4.78, 5) is 24.6. The van der Waals surface area contributed by atoms with Crippen LogP contribution in [0, 0.1) is 0 Å². The summed E-state index contributed by atoms with van der Waals surface area (Å²) in [6.07, 6.45) is 1.67. The minimum Gasteiger partial charge on any atom is -0.352 e. The van der Waals surface area contributed by atoms with E-state index in [-0.39, 0.29) is 5.56 Å². The fourth-order valence-electron chi connectivity index (χ4n) is 3.03. The van der Waals surface area contributed by atoms with Crippen molar-refractivity contribution in [3.8, 4) is 11.4 Å². The Kier molecular flexibility index (Phi) is 2.55. The van der Waals surface area contributed by atoms with E-state index in [1.807, 2.05) is 48.5 Å². The highest BCUT2D eigenvalue weighted by Crippen LogP contribution is 2.28. The number of H-pyrrole nitrogens is 2. The molecule has 0 aliphatic rings. The Bertz CT molecular complexity index is 1290. The molecule has 0 saturated heterocycles. The molecule has 0 spiro atoms. The maximum atomic E-state index is 12.3. The summed E-state index contributed by atoms with van der Waals surface area (Å²) in [5, 5.41) is 8.24. The normalized spacial score (nSPS) is 11.5. The van der Waals surface area contributed by atoms with Gasteiger partial charge in [0.1, 0.15) is 11.4 Å². The van der Waals surface area contributed by atoms with E-state index >= 15 is 0 Å². The molecule has 24 heavy (non-hydrogen) atoms. The second-order valence-corrected chi connectivity index (χ2v) is 5.57. The third kappa shape index (κ3) is 1.77. The van der Waals surface area contributed by atoms with Crippen LogP contribution in [0.2, 0.25) is 0 Å². The van der Waals surface area contributed by atoms with E-state index < -0.39 is 0 Å². The van der Waals surface area contributed by atoms with Crippen LogP contribution in [0.5, 0.6) is 0 Å². The molecule has 3 aromatic heterocycles. The molecule has 0 bridgehead atoms. The van der Waals surface area contributed by atoms with Gasteiger partial charge in [0, 0.05) is 10.9 Å². The number of aromatic amines is 2. The quantitative estimate of drug-likeness (QED) is 0.498. The Balaban J connectivity index is 1.88. The molecule has 0 amide bonds. The highest BCUT2D eigenvalue weighted by molar-refractivity contribution is 6.10. The lowest BCUT2D eigenvalue weighted by Gasteiger charge is -2.02. The molecule has 6 nitrogen and oxygen atoms in total. The average Bonchev–Trinajstić information content (AvgIpc) is 3.02. The number of nitrogens with one attached hydrogen (secondary N) is 2. The minimum absolute atomic E-state index is 0.222. The molecule has 0 fully saturated rings. The SMILES string of the molecule is O=c1[nH]nc(-c2cnc3ccccc3n2)c2[nH]c3ccccc3c12. The van der Waals surface area contributed by atoms with E-state index in [4.69, 9.17) is 0 Å². The zero-order valence-corrected chi connectivity index (χ0v) is 12.4. The number of hydrogen-bond acceptors (Lipinski definition) is 4. The largest absolute Gasteiger partial charge is 0.352 e. The summed E-state index contributed by atoms with van der Waals surface area (Å²) in [6.45, 7) is 0. The smallest absolute Gasteiger partial charge is 0.274 e. The molecule has 0 saturated carbocycles. The van der Waals surface area contributed by atoms with Crippen molar-refractivity contribution in [3.05, 3.63) is 65.1 Å². The van der Waals surface area contributed by atoms with Crippen LogP contribution in [-0.2, 0) is 0 Å². The molecule has 3 heterocycles. The second-order valence-electron chi connectivity index (χ2n) is 5.57. The van der Waals surface area contributed by atoms with Crippen LogP contribution in [0.3, 0.4) is 0 Å². The molecule has 2 aromatic carbocycles. The van der Waals surface area contributed by atoms with Gasteiger partial charge in [0.15, 0.2) is 0 Å². The molecule has 0 aliphatic heterocycles. The van der Waals surface area contributed by atoms with Crippen LogP contribution in [0.4, 0.5) is 0 Å². The van der Waals surface area contributed by atoms with Gasteiger partial charge in [-0.2, -0.15) is 5.10 Å². The fraction of sp³-hybridized carbons (Fsp3) is 0.